The SMILES string of the molecule is O=C(O)C(F)C(O)c1cccc(F)c1F. The van der Waals surface area contributed by atoms with Crippen LogP contribution in [0.25, 0.3) is 0 Å². The summed E-state index contributed by atoms with van der Waals surface area (Å²) in [6, 6.07) is 2.74. The Kier molecular flexibility index (Phi) is 3.31. The third kappa shape index (κ3) is 2.27. The molecule has 0 heterocycles. The van der Waals surface area contributed by atoms with Crippen molar-refractivity contribution in [3.05, 3.63) is 35.4 Å². The topological polar surface area (TPSA) is 57.5 Å². The first-order chi connectivity index (χ1) is 6.95. The maximum Gasteiger partial charge on any atom is 0.341 e. The van der Waals surface area contributed by atoms with Gasteiger partial charge in [-0.1, -0.05) is 12.1 Å². The Balaban J connectivity index is 3.06. The van der Waals surface area contributed by atoms with E-state index in [-0.39, 0.29) is 0 Å². The summed E-state index contributed by atoms with van der Waals surface area (Å²) in [5.74, 6) is -4.66. The van der Waals surface area contributed by atoms with E-state index in [1.165, 1.54) is 0 Å². The molecule has 2 atom stereocenters. The number of halogens is 3. The molecule has 15 heavy (non-hydrogen) atoms. The molecule has 0 spiro atoms. The van der Waals surface area contributed by atoms with Crippen LogP contribution in [0, 0.1) is 11.6 Å². The molecule has 0 aromatic heterocycles. The minimum absolute atomic E-state index is 0.718. The summed E-state index contributed by atoms with van der Waals surface area (Å²) in [6.45, 7) is 0. The summed E-state index contributed by atoms with van der Waals surface area (Å²) in [7, 11) is 0. The molecule has 0 aliphatic heterocycles. The van der Waals surface area contributed by atoms with E-state index in [9.17, 15) is 18.0 Å². The van der Waals surface area contributed by atoms with Crippen molar-refractivity contribution in [1.29, 1.82) is 0 Å². The Morgan fingerprint density at radius 3 is 2.47 bits per heavy atom. The Bertz CT molecular complexity index is 381. The highest BCUT2D eigenvalue weighted by Gasteiger charge is 2.30. The number of aliphatic hydroxyl groups excluding tert-OH is 1. The number of aliphatic hydroxyl groups is 1. The normalized spacial score (nSPS) is 14.7. The van der Waals surface area contributed by atoms with E-state index in [1.807, 2.05) is 0 Å². The number of benzene rings is 1. The fraction of sp³-hybridized carbons (Fsp3) is 0.222. The van der Waals surface area contributed by atoms with E-state index >= 15 is 0 Å². The Morgan fingerprint density at radius 1 is 1.33 bits per heavy atom. The zero-order chi connectivity index (χ0) is 11.6. The van der Waals surface area contributed by atoms with Gasteiger partial charge >= 0.3 is 5.97 Å². The van der Waals surface area contributed by atoms with Gasteiger partial charge in [-0.05, 0) is 6.07 Å². The van der Waals surface area contributed by atoms with Crippen LogP contribution >= 0.6 is 0 Å². The number of carbonyl (C=O) groups is 1. The van der Waals surface area contributed by atoms with Gasteiger partial charge in [0.25, 0.3) is 0 Å². The van der Waals surface area contributed by atoms with Crippen molar-refractivity contribution in [2.75, 3.05) is 0 Å². The number of carboxylic acids is 1. The minimum Gasteiger partial charge on any atom is -0.479 e. The molecule has 0 saturated heterocycles. The summed E-state index contributed by atoms with van der Waals surface area (Å²) < 4.78 is 38.4. The van der Waals surface area contributed by atoms with Gasteiger partial charge in [-0.25, -0.2) is 18.0 Å². The lowest BCUT2D eigenvalue weighted by atomic mass is 10.0. The van der Waals surface area contributed by atoms with Crippen LogP contribution in [0.5, 0.6) is 0 Å². The van der Waals surface area contributed by atoms with Crippen molar-refractivity contribution in [3.63, 3.8) is 0 Å². The van der Waals surface area contributed by atoms with E-state index < -0.39 is 35.4 Å². The van der Waals surface area contributed by atoms with Crippen LogP contribution in [-0.2, 0) is 4.79 Å². The molecule has 0 saturated carbocycles. The van der Waals surface area contributed by atoms with Crippen LogP contribution in [0.2, 0.25) is 0 Å². The molecular weight excluding hydrogens is 213 g/mol. The van der Waals surface area contributed by atoms with Crippen LogP contribution in [0.1, 0.15) is 11.7 Å². The van der Waals surface area contributed by atoms with Crippen molar-refractivity contribution in [3.8, 4) is 0 Å². The first-order valence-electron chi connectivity index (χ1n) is 3.94. The molecule has 6 heteroatoms. The molecule has 82 valence electrons. The van der Waals surface area contributed by atoms with Crippen LogP contribution in [-0.4, -0.2) is 22.4 Å². The second kappa shape index (κ2) is 4.31. The summed E-state index contributed by atoms with van der Waals surface area (Å²) >= 11 is 0. The predicted octanol–water partition coefficient (Wildman–Crippen LogP) is 1.42. The number of hydrogen-bond donors (Lipinski definition) is 2. The van der Waals surface area contributed by atoms with Gasteiger partial charge in [0.1, 0.15) is 6.10 Å². The lowest BCUT2D eigenvalue weighted by Crippen LogP contribution is -2.24. The van der Waals surface area contributed by atoms with Crippen LogP contribution in [0.4, 0.5) is 13.2 Å². The van der Waals surface area contributed by atoms with Gasteiger partial charge in [0.15, 0.2) is 11.6 Å². The Hall–Kier alpha value is -1.56. The molecular formula is C9H7F3O3. The number of aliphatic carboxylic acids is 1. The van der Waals surface area contributed by atoms with Crippen LogP contribution in [0.3, 0.4) is 0 Å². The molecule has 1 aromatic rings. The number of hydrogen-bond acceptors (Lipinski definition) is 2. The third-order valence-corrected chi connectivity index (χ3v) is 1.81. The van der Waals surface area contributed by atoms with Crippen LogP contribution in [0.15, 0.2) is 18.2 Å². The fourth-order valence-electron chi connectivity index (χ4n) is 1.04. The molecule has 2 unspecified atom stereocenters. The number of rotatable bonds is 3. The van der Waals surface area contributed by atoms with Gasteiger partial charge in [0, 0.05) is 5.56 Å². The third-order valence-electron chi connectivity index (χ3n) is 1.81. The number of alkyl halides is 1. The van der Waals surface area contributed by atoms with Gasteiger partial charge in [-0.2, -0.15) is 0 Å². The van der Waals surface area contributed by atoms with Crippen molar-refractivity contribution in [1.82, 2.24) is 0 Å². The van der Waals surface area contributed by atoms with Gasteiger partial charge in [0.05, 0.1) is 0 Å². The minimum atomic E-state index is -2.69. The Labute approximate surface area is 82.8 Å². The average Bonchev–Trinajstić information content (AvgIpc) is 2.20. The highest BCUT2D eigenvalue weighted by atomic mass is 19.2. The summed E-state index contributed by atoms with van der Waals surface area (Å²) in [5, 5.41) is 17.3. The standard InChI is InChI=1S/C9H7F3O3/c10-5-3-1-2-4(6(5)11)8(13)7(12)9(14)15/h1-3,7-8,13H,(H,14,15). The smallest absolute Gasteiger partial charge is 0.341 e. The van der Waals surface area contributed by atoms with E-state index in [2.05, 4.69) is 0 Å². The first kappa shape index (κ1) is 11.5. The molecule has 0 bridgehead atoms. The Morgan fingerprint density at radius 2 is 1.93 bits per heavy atom. The summed E-state index contributed by atoms with van der Waals surface area (Å²) in [5.41, 5.74) is -0.718. The van der Waals surface area contributed by atoms with Gasteiger partial charge in [-0.3, -0.25) is 0 Å². The predicted molar refractivity (Wildman–Crippen MR) is 43.8 cm³/mol. The van der Waals surface area contributed by atoms with E-state index in [1.54, 1.807) is 0 Å². The molecule has 2 N–H and O–H groups in total. The van der Waals surface area contributed by atoms with E-state index in [0.717, 1.165) is 18.2 Å². The van der Waals surface area contributed by atoms with Crippen molar-refractivity contribution in [2.24, 2.45) is 0 Å². The zero-order valence-electron chi connectivity index (χ0n) is 7.32. The highest BCUT2D eigenvalue weighted by Crippen LogP contribution is 2.23. The second-order valence-electron chi connectivity index (χ2n) is 2.83. The number of carboxylic acid groups (broad SMARTS) is 1. The largest absolute Gasteiger partial charge is 0.479 e. The quantitative estimate of drug-likeness (QED) is 0.809. The molecule has 0 radical (unpaired) electrons. The van der Waals surface area contributed by atoms with E-state index in [0.29, 0.717) is 0 Å². The maximum atomic E-state index is 13.0. The van der Waals surface area contributed by atoms with Crippen molar-refractivity contribution in [2.45, 2.75) is 12.3 Å². The first-order valence-corrected chi connectivity index (χ1v) is 3.94. The van der Waals surface area contributed by atoms with Gasteiger partial charge in [-0.15, -0.1) is 0 Å². The van der Waals surface area contributed by atoms with Gasteiger partial charge < -0.3 is 10.2 Å². The van der Waals surface area contributed by atoms with E-state index in [4.69, 9.17) is 10.2 Å². The maximum absolute atomic E-state index is 13.0. The second-order valence-corrected chi connectivity index (χ2v) is 2.83. The lowest BCUT2D eigenvalue weighted by molar-refractivity contribution is -0.147. The lowest BCUT2D eigenvalue weighted by Gasteiger charge is -2.13. The van der Waals surface area contributed by atoms with Gasteiger partial charge in [0.2, 0.25) is 6.17 Å². The molecule has 3 nitrogen and oxygen atoms in total. The molecule has 0 aliphatic carbocycles. The zero-order valence-corrected chi connectivity index (χ0v) is 7.32. The summed E-state index contributed by atoms with van der Waals surface area (Å²) in [4.78, 5) is 10.2. The molecule has 0 amide bonds. The molecule has 1 aromatic carbocycles. The van der Waals surface area contributed by atoms with Crippen molar-refractivity contribution < 1.29 is 28.2 Å². The fourth-order valence-corrected chi connectivity index (χ4v) is 1.04. The molecule has 0 fully saturated rings. The average molecular weight is 220 g/mol. The molecule has 0 aliphatic rings. The summed E-state index contributed by atoms with van der Waals surface area (Å²) in [6.07, 6.45) is -4.92. The monoisotopic (exact) mass is 220 g/mol. The van der Waals surface area contributed by atoms with Crippen molar-refractivity contribution >= 4 is 5.97 Å². The molecule has 1 rings (SSSR count). The highest BCUT2D eigenvalue weighted by molar-refractivity contribution is 5.73. The van der Waals surface area contributed by atoms with Crippen LogP contribution < -0.4 is 0 Å².